The van der Waals surface area contributed by atoms with E-state index in [0.29, 0.717) is 0 Å². The van der Waals surface area contributed by atoms with E-state index in [0.717, 1.165) is 21.4 Å². The second-order valence-corrected chi connectivity index (χ2v) is 4.42. The van der Waals surface area contributed by atoms with Crippen LogP contribution >= 0.6 is 15.9 Å². The Morgan fingerprint density at radius 2 is 1.88 bits per heavy atom. The Kier molecular flexibility index (Phi) is 2.26. The molecule has 1 aromatic carbocycles. The molecule has 0 fully saturated rings. The van der Waals surface area contributed by atoms with Gasteiger partial charge in [0, 0.05) is 16.2 Å². The van der Waals surface area contributed by atoms with E-state index in [1.54, 1.807) is 0 Å². The van der Waals surface area contributed by atoms with Gasteiger partial charge in [0.15, 0.2) is 0 Å². The third-order valence-corrected chi connectivity index (χ3v) is 2.94. The van der Waals surface area contributed by atoms with Crippen LogP contribution in [0.2, 0.25) is 0 Å². The van der Waals surface area contributed by atoms with E-state index in [-0.39, 0.29) is 0 Å². The Hall–Kier alpha value is -1.61. The molecule has 1 radical (unpaired) electrons. The normalized spacial score (nSPS) is 10.8. The number of halogens is 1. The van der Waals surface area contributed by atoms with Crippen molar-refractivity contribution in [3.05, 3.63) is 59.3 Å². The topological polar surface area (TPSA) is 17.3 Å². The molecule has 2 heterocycles. The molecule has 77 valence electrons. The predicted molar refractivity (Wildman–Crippen MR) is 67.2 cm³/mol. The van der Waals surface area contributed by atoms with Gasteiger partial charge in [0.25, 0.3) is 0 Å². The van der Waals surface area contributed by atoms with Crippen molar-refractivity contribution >= 4 is 21.6 Å². The van der Waals surface area contributed by atoms with Crippen molar-refractivity contribution in [2.45, 2.75) is 0 Å². The van der Waals surface area contributed by atoms with E-state index in [9.17, 15) is 0 Å². The molecule has 0 aliphatic carbocycles. The minimum Gasteiger partial charge on any atom is -0.298 e. The SMILES string of the molecule is Brc1ccc(-c2[c]n3ccccc3n2)cc1. The van der Waals surface area contributed by atoms with Crippen LogP contribution in [0.5, 0.6) is 0 Å². The fourth-order valence-corrected chi connectivity index (χ4v) is 1.87. The van der Waals surface area contributed by atoms with Crippen LogP contribution in [-0.2, 0) is 0 Å². The summed E-state index contributed by atoms with van der Waals surface area (Å²) in [6.07, 6.45) is 5.17. The van der Waals surface area contributed by atoms with Crippen molar-refractivity contribution in [3.8, 4) is 11.3 Å². The summed E-state index contributed by atoms with van der Waals surface area (Å²) in [7, 11) is 0. The van der Waals surface area contributed by atoms with Crippen LogP contribution < -0.4 is 0 Å². The number of hydrogen-bond acceptors (Lipinski definition) is 1. The van der Waals surface area contributed by atoms with Crippen LogP contribution in [0.15, 0.2) is 53.1 Å². The number of benzene rings is 1. The van der Waals surface area contributed by atoms with Crippen LogP contribution in [0.1, 0.15) is 0 Å². The molecular weight excluding hydrogens is 264 g/mol. The van der Waals surface area contributed by atoms with Crippen molar-refractivity contribution < 1.29 is 0 Å². The number of fused-ring (bicyclic) bond motifs is 1. The summed E-state index contributed by atoms with van der Waals surface area (Å²) in [5, 5.41) is 0. The van der Waals surface area contributed by atoms with E-state index >= 15 is 0 Å². The minimum absolute atomic E-state index is 0.874. The molecule has 0 aliphatic heterocycles. The van der Waals surface area contributed by atoms with Gasteiger partial charge in [-0.2, -0.15) is 0 Å². The first kappa shape index (κ1) is 9.60. The standard InChI is InChI=1S/C13H8BrN2/c14-11-6-4-10(5-7-11)12-9-16-8-2-1-3-13(16)15-12/h1-8H. The number of aromatic nitrogens is 2. The molecule has 2 aromatic heterocycles. The van der Waals surface area contributed by atoms with E-state index in [1.165, 1.54) is 0 Å². The summed E-state index contributed by atoms with van der Waals surface area (Å²) in [5.74, 6) is 0. The van der Waals surface area contributed by atoms with Gasteiger partial charge in [-0.3, -0.25) is 4.40 Å². The van der Waals surface area contributed by atoms with Gasteiger partial charge in [-0.25, -0.2) is 4.98 Å². The molecule has 0 saturated heterocycles. The fourth-order valence-electron chi connectivity index (χ4n) is 1.61. The molecule has 0 spiro atoms. The summed E-state index contributed by atoms with van der Waals surface area (Å²) in [4.78, 5) is 4.50. The van der Waals surface area contributed by atoms with Gasteiger partial charge in [-0.15, -0.1) is 0 Å². The van der Waals surface area contributed by atoms with Crippen LogP contribution in [0, 0.1) is 6.20 Å². The van der Waals surface area contributed by atoms with Crippen LogP contribution in [-0.4, -0.2) is 9.38 Å². The highest BCUT2D eigenvalue weighted by Crippen LogP contribution is 2.20. The lowest BCUT2D eigenvalue weighted by molar-refractivity contribution is 1.18. The first-order chi connectivity index (χ1) is 7.83. The van der Waals surface area contributed by atoms with Crippen molar-refractivity contribution in [2.24, 2.45) is 0 Å². The maximum Gasteiger partial charge on any atom is 0.137 e. The molecule has 0 aliphatic rings. The number of imidazole rings is 1. The Morgan fingerprint density at radius 3 is 2.62 bits per heavy atom. The molecular formula is C13H8BrN2. The van der Waals surface area contributed by atoms with Gasteiger partial charge >= 0.3 is 0 Å². The van der Waals surface area contributed by atoms with Gasteiger partial charge in [0.05, 0.1) is 11.9 Å². The number of hydrogen-bond donors (Lipinski definition) is 0. The summed E-state index contributed by atoms with van der Waals surface area (Å²) in [6.45, 7) is 0. The summed E-state index contributed by atoms with van der Waals surface area (Å²) in [6, 6.07) is 14.0. The number of nitrogens with zero attached hydrogens (tertiary/aromatic N) is 2. The third kappa shape index (κ3) is 1.63. The predicted octanol–water partition coefficient (Wildman–Crippen LogP) is 3.56. The van der Waals surface area contributed by atoms with Gasteiger partial charge in [0.1, 0.15) is 5.65 Å². The zero-order valence-corrected chi connectivity index (χ0v) is 9.98. The highest BCUT2D eigenvalue weighted by Gasteiger charge is 2.03. The molecule has 0 amide bonds. The Balaban J connectivity index is 2.15. The first-order valence-electron chi connectivity index (χ1n) is 4.95. The van der Waals surface area contributed by atoms with Crippen LogP contribution in [0.3, 0.4) is 0 Å². The molecule has 3 aromatic rings. The van der Waals surface area contributed by atoms with E-state index in [1.807, 2.05) is 53.1 Å². The smallest absolute Gasteiger partial charge is 0.137 e. The average Bonchev–Trinajstić information content (AvgIpc) is 2.73. The molecule has 0 atom stereocenters. The lowest BCUT2D eigenvalue weighted by Crippen LogP contribution is -1.78. The third-order valence-electron chi connectivity index (χ3n) is 2.41. The molecule has 0 bridgehead atoms. The zero-order chi connectivity index (χ0) is 11.0. The van der Waals surface area contributed by atoms with E-state index in [4.69, 9.17) is 0 Å². The molecule has 3 heteroatoms. The lowest BCUT2D eigenvalue weighted by atomic mass is 10.2. The lowest BCUT2D eigenvalue weighted by Gasteiger charge is -1.94. The van der Waals surface area contributed by atoms with Gasteiger partial charge in [0.2, 0.25) is 0 Å². The number of pyridine rings is 1. The van der Waals surface area contributed by atoms with Crippen LogP contribution in [0.25, 0.3) is 16.9 Å². The van der Waals surface area contributed by atoms with E-state index < -0.39 is 0 Å². The molecule has 0 unspecified atom stereocenters. The Bertz CT molecular complexity index is 593. The average molecular weight is 272 g/mol. The summed E-state index contributed by atoms with van der Waals surface area (Å²) < 4.78 is 2.97. The van der Waals surface area contributed by atoms with Crippen molar-refractivity contribution in [1.29, 1.82) is 0 Å². The molecule has 0 saturated carbocycles. The summed E-state index contributed by atoms with van der Waals surface area (Å²) >= 11 is 3.42. The van der Waals surface area contributed by atoms with Crippen molar-refractivity contribution in [1.82, 2.24) is 9.38 Å². The highest BCUT2D eigenvalue weighted by molar-refractivity contribution is 9.10. The maximum atomic E-state index is 4.50. The van der Waals surface area contributed by atoms with Crippen molar-refractivity contribution in [2.75, 3.05) is 0 Å². The maximum absolute atomic E-state index is 4.50. The Labute approximate surface area is 102 Å². The quantitative estimate of drug-likeness (QED) is 0.662. The van der Waals surface area contributed by atoms with Crippen molar-refractivity contribution in [3.63, 3.8) is 0 Å². The van der Waals surface area contributed by atoms with Gasteiger partial charge in [-0.05, 0) is 24.3 Å². The largest absolute Gasteiger partial charge is 0.298 e. The molecule has 3 rings (SSSR count). The minimum atomic E-state index is 0.874. The fraction of sp³-hybridized carbons (Fsp3) is 0. The van der Waals surface area contributed by atoms with Crippen LogP contribution in [0.4, 0.5) is 0 Å². The highest BCUT2D eigenvalue weighted by atomic mass is 79.9. The monoisotopic (exact) mass is 271 g/mol. The van der Waals surface area contributed by atoms with E-state index in [2.05, 4.69) is 27.1 Å². The second kappa shape index (κ2) is 3.76. The zero-order valence-electron chi connectivity index (χ0n) is 8.39. The molecule has 2 nitrogen and oxygen atoms in total. The number of rotatable bonds is 1. The second-order valence-electron chi connectivity index (χ2n) is 3.51. The first-order valence-corrected chi connectivity index (χ1v) is 5.74. The Morgan fingerprint density at radius 1 is 1.06 bits per heavy atom. The molecule has 0 N–H and O–H groups in total. The van der Waals surface area contributed by atoms with Gasteiger partial charge in [-0.1, -0.05) is 34.1 Å². The molecule has 16 heavy (non-hydrogen) atoms. The van der Waals surface area contributed by atoms with Gasteiger partial charge < -0.3 is 0 Å². The summed E-state index contributed by atoms with van der Waals surface area (Å²) in [5.41, 5.74) is 2.87.